The number of carbonyl (C=O) groups is 1. The Hall–Kier alpha value is -4.28. The third kappa shape index (κ3) is 3.45. The predicted molar refractivity (Wildman–Crippen MR) is 131 cm³/mol. The number of carboxylic acids is 1. The number of fused-ring (bicyclic) bond motifs is 2. The number of carboxylic acid groups (broad SMARTS) is 1. The van der Waals surface area contributed by atoms with Crippen molar-refractivity contribution in [3.8, 4) is 21.8 Å². The van der Waals surface area contributed by atoms with E-state index in [2.05, 4.69) is 25.7 Å². The Morgan fingerprint density at radius 2 is 1.97 bits per heavy atom. The molecule has 3 N–H and O–H groups in total. The summed E-state index contributed by atoms with van der Waals surface area (Å²) in [5, 5.41) is 30.6. The highest BCUT2D eigenvalue weighted by Crippen LogP contribution is 2.35. The summed E-state index contributed by atoms with van der Waals surface area (Å²) in [4.78, 5) is 15.9. The first kappa shape index (κ1) is 20.3. The highest BCUT2D eigenvalue weighted by atomic mass is 35.5. The topological polar surface area (TPSA) is 121 Å². The summed E-state index contributed by atoms with van der Waals surface area (Å²) < 4.78 is 1.91. The number of aromatic nitrogens is 6. The van der Waals surface area contributed by atoms with E-state index in [-0.39, 0.29) is 5.56 Å². The number of nitrogens with zero attached hydrogens (tertiary/aromatic N) is 5. The minimum absolute atomic E-state index is 0.231. The maximum absolute atomic E-state index is 11.1. The first-order valence-corrected chi connectivity index (χ1v) is 11.3. The van der Waals surface area contributed by atoms with Gasteiger partial charge in [0.15, 0.2) is 5.01 Å². The number of H-pyrrole nitrogens is 1. The SMILES string of the molecule is O=C(O)c1ccc(-c2cn3cccc(-c4nnc(Nc5ccc6[nH]ncc6c5Cl)s4)c3n2)cc1. The highest BCUT2D eigenvalue weighted by molar-refractivity contribution is 7.18. The third-order valence-electron chi connectivity index (χ3n) is 5.37. The van der Waals surface area contributed by atoms with Crippen LogP contribution in [0.2, 0.25) is 5.02 Å². The average Bonchev–Trinajstić information content (AvgIpc) is 3.60. The van der Waals surface area contributed by atoms with Crippen LogP contribution in [0.15, 0.2) is 67.1 Å². The normalized spacial score (nSPS) is 11.3. The van der Waals surface area contributed by atoms with Gasteiger partial charge in [-0.15, -0.1) is 10.2 Å². The Bertz CT molecular complexity index is 1690. The lowest BCUT2D eigenvalue weighted by molar-refractivity contribution is 0.0697. The molecule has 0 radical (unpaired) electrons. The van der Waals surface area contributed by atoms with Gasteiger partial charge >= 0.3 is 5.97 Å². The van der Waals surface area contributed by atoms with Crippen molar-refractivity contribution in [2.24, 2.45) is 0 Å². The van der Waals surface area contributed by atoms with E-state index in [1.807, 2.05) is 41.1 Å². The standard InChI is InChI=1S/C23H14ClN7O2S/c24-19-15-10-25-28-16(15)7-8-17(19)27-23-30-29-21(34-23)14-2-1-9-31-11-18(26-20(14)31)12-3-5-13(6-4-12)22(32)33/h1-11H,(H,25,28)(H,27,30)(H,32,33). The molecular weight excluding hydrogens is 474 g/mol. The van der Waals surface area contributed by atoms with Crippen LogP contribution < -0.4 is 5.32 Å². The zero-order valence-electron chi connectivity index (χ0n) is 17.2. The fourth-order valence-corrected chi connectivity index (χ4v) is 4.72. The van der Waals surface area contributed by atoms with Gasteiger partial charge in [-0.05, 0) is 36.4 Å². The smallest absolute Gasteiger partial charge is 0.335 e. The summed E-state index contributed by atoms with van der Waals surface area (Å²) in [7, 11) is 0. The summed E-state index contributed by atoms with van der Waals surface area (Å²) in [6.07, 6.45) is 5.48. The quantitative estimate of drug-likeness (QED) is 0.294. The molecule has 0 amide bonds. The summed E-state index contributed by atoms with van der Waals surface area (Å²) >= 11 is 7.90. The molecule has 9 nitrogen and oxygen atoms in total. The molecule has 0 bridgehead atoms. The molecule has 0 saturated heterocycles. The fourth-order valence-electron chi connectivity index (χ4n) is 3.68. The lowest BCUT2D eigenvalue weighted by Gasteiger charge is -2.05. The summed E-state index contributed by atoms with van der Waals surface area (Å²) in [5.74, 6) is -0.963. The number of hydrogen-bond acceptors (Lipinski definition) is 7. The molecule has 2 aromatic carbocycles. The molecule has 4 heterocycles. The minimum atomic E-state index is -0.963. The van der Waals surface area contributed by atoms with Crippen LogP contribution in [0.4, 0.5) is 10.8 Å². The van der Waals surface area contributed by atoms with Gasteiger partial charge in [0, 0.05) is 23.3 Å². The number of imidazole rings is 1. The molecule has 34 heavy (non-hydrogen) atoms. The Kier molecular flexibility index (Phi) is 4.75. The van der Waals surface area contributed by atoms with Gasteiger partial charge in [-0.1, -0.05) is 35.1 Å². The van der Waals surface area contributed by atoms with E-state index in [1.165, 1.54) is 11.3 Å². The Morgan fingerprint density at radius 1 is 1.12 bits per heavy atom. The summed E-state index contributed by atoms with van der Waals surface area (Å²) in [6, 6.07) is 14.2. The molecule has 6 rings (SSSR count). The van der Waals surface area contributed by atoms with Crippen LogP contribution in [-0.4, -0.2) is 40.9 Å². The summed E-state index contributed by atoms with van der Waals surface area (Å²) in [5.41, 5.74) is 4.90. The molecule has 0 aliphatic carbocycles. The molecule has 0 atom stereocenters. The molecule has 166 valence electrons. The zero-order chi connectivity index (χ0) is 23.2. The van der Waals surface area contributed by atoms with Gasteiger partial charge in [0.1, 0.15) is 5.65 Å². The zero-order valence-corrected chi connectivity index (χ0v) is 18.8. The van der Waals surface area contributed by atoms with Crippen LogP contribution in [0.25, 0.3) is 38.4 Å². The van der Waals surface area contributed by atoms with Crippen LogP contribution in [0.3, 0.4) is 0 Å². The van der Waals surface area contributed by atoms with E-state index in [9.17, 15) is 4.79 Å². The number of anilines is 2. The Labute approximate surface area is 200 Å². The van der Waals surface area contributed by atoms with E-state index < -0.39 is 5.97 Å². The van der Waals surface area contributed by atoms with E-state index in [0.717, 1.165) is 33.4 Å². The Morgan fingerprint density at radius 3 is 2.79 bits per heavy atom. The second-order valence-corrected chi connectivity index (χ2v) is 8.81. The molecule has 0 aliphatic heterocycles. The van der Waals surface area contributed by atoms with Gasteiger partial charge in [-0.25, -0.2) is 9.78 Å². The average molecular weight is 488 g/mol. The van der Waals surface area contributed by atoms with E-state index in [4.69, 9.17) is 21.7 Å². The van der Waals surface area contributed by atoms with E-state index in [1.54, 1.807) is 30.5 Å². The van der Waals surface area contributed by atoms with E-state index in [0.29, 0.717) is 20.8 Å². The molecular formula is C23H14ClN7O2S. The molecule has 0 fully saturated rings. The molecule has 4 aromatic heterocycles. The second-order valence-electron chi connectivity index (χ2n) is 7.46. The van der Waals surface area contributed by atoms with Crippen molar-refractivity contribution in [2.45, 2.75) is 0 Å². The number of pyridine rings is 1. The molecule has 0 unspecified atom stereocenters. The second kappa shape index (κ2) is 7.94. The highest BCUT2D eigenvalue weighted by Gasteiger charge is 2.15. The maximum atomic E-state index is 11.1. The van der Waals surface area contributed by atoms with Gasteiger partial charge < -0.3 is 14.8 Å². The number of nitrogens with one attached hydrogen (secondary N) is 2. The number of rotatable bonds is 5. The van der Waals surface area contributed by atoms with E-state index >= 15 is 0 Å². The van der Waals surface area contributed by atoms with Crippen molar-refractivity contribution in [1.29, 1.82) is 0 Å². The van der Waals surface area contributed by atoms with Crippen LogP contribution >= 0.6 is 22.9 Å². The maximum Gasteiger partial charge on any atom is 0.335 e. The van der Waals surface area contributed by atoms with Crippen molar-refractivity contribution < 1.29 is 9.90 Å². The first-order chi connectivity index (χ1) is 16.6. The van der Waals surface area contributed by atoms with Crippen molar-refractivity contribution in [3.05, 3.63) is 77.7 Å². The first-order valence-electron chi connectivity index (χ1n) is 10.1. The molecule has 6 aromatic rings. The number of aromatic amines is 1. The largest absolute Gasteiger partial charge is 0.478 e. The number of hydrogen-bond donors (Lipinski definition) is 3. The third-order valence-corrected chi connectivity index (χ3v) is 6.64. The van der Waals surface area contributed by atoms with Crippen LogP contribution in [0, 0.1) is 0 Å². The molecule has 11 heteroatoms. The van der Waals surface area contributed by atoms with Gasteiger partial charge in [-0.2, -0.15) is 5.10 Å². The predicted octanol–water partition coefficient (Wildman–Crippen LogP) is 5.49. The van der Waals surface area contributed by atoms with Gasteiger partial charge in [-0.3, -0.25) is 5.10 Å². The van der Waals surface area contributed by atoms with Crippen LogP contribution in [-0.2, 0) is 0 Å². The number of halogens is 1. The molecule has 0 spiro atoms. The molecule has 0 aliphatic rings. The lowest BCUT2D eigenvalue weighted by Crippen LogP contribution is -1.94. The lowest BCUT2D eigenvalue weighted by atomic mass is 10.1. The van der Waals surface area contributed by atoms with Crippen LogP contribution in [0.1, 0.15) is 10.4 Å². The fraction of sp³-hybridized carbons (Fsp3) is 0. The minimum Gasteiger partial charge on any atom is -0.478 e. The van der Waals surface area contributed by atoms with Crippen LogP contribution in [0.5, 0.6) is 0 Å². The van der Waals surface area contributed by atoms with Crippen molar-refractivity contribution >= 4 is 56.3 Å². The van der Waals surface area contributed by atoms with Gasteiger partial charge in [0.05, 0.1) is 39.2 Å². The van der Waals surface area contributed by atoms with Gasteiger partial charge in [0.2, 0.25) is 5.13 Å². The number of aromatic carboxylic acids is 1. The molecule has 0 saturated carbocycles. The van der Waals surface area contributed by atoms with Gasteiger partial charge in [0.25, 0.3) is 0 Å². The van der Waals surface area contributed by atoms with Crippen molar-refractivity contribution in [2.75, 3.05) is 5.32 Å². The van der Waals surface area contributed by atoms with Crippen molar-refractivity contribution in [1.82, 2.24) is 29.8 Å². The van der Waals surface area contributed by atoms with Crippen molar-refractivity contribution in [3.63, 3.8) is 0 Å². The Balaban J connectivity index is 1.33. The monoisotopic (exact) mass is 487 g/mol. The number of benzene rings is 2. The summed E-state index contributed by atoms with van der Waals surface area (Å²) in [6.45, 7) is 0.